The first-order chi connectivity index (χ1) is 47.4. The van der Waals surface area contributed by atoms with Gasteiger partial charge in [0, 0.05) is 25.7 Å². The van der Waals surface area contributed by atoms with Gasteiger partial charge in [0.1, 0.15) is 19.3 Å². The molecule has 0 spiro atoms. The minimum Gasteiger partial charge on any atom is -0.462 e. The van der Waals surface area contributed by atoms with Gasteiger partial charge in [-0.05, 0) is 37.5 Å². The summed E-state index contributed by atoms with van der Waals surface area (Å²) < 4.78 is 68.3. The highest BCUT2D eigenvalue weighted by Crippen LogP contribution is 2.45. The number of carbonyl (C=O) groups is 4. The van der Waals surface area contributed by atoms with Crippen molar-refractivity contribution in [3.8, 4) is 0 Å². The molecule has 0 rings (SSSR count). The smallest absolute Gasteiger partial charge is 0.462 e. The second-order valence-corrected chi connectivity index (χ2v) is 32.1. The average molecular weight is 1440 g/mol. The number of unbranched alkanes of at least 4 members (excludes halogenated alkanes) is 47. The van der Waals surface area contributed by atoms with Gasteiger partial charge in [0.2, 0.25) is 0 Å². The third-order valence-corrected chi connectivity index (χ3v) is 20.7. The highest BCUT2D eigenvalue weighted by atomic mass is 31.2. The summed E-state index contributed by atoms with van der Waals surface area (Å²) in [6.07, 6.45) is 60.4. The lowest BCUT2D eigenvalue weighted by atomic mass is 9.99. The third kappa shape index (κ3) is 71.1. The minimum absolute atomic E-state index is 0.104. The molecule has 0 aliphatic heterocycles. The van der Waals surface area contributed by atoms with E-state index in [0.29, 0.717) is 25.7 Å². The van der Waals surface area contributed by atoms with E-state index in [-0.39, 0.29) is 25.7 Å². The Balaban J connectivity index is 5.10. The largest absolute Gasteiger partial charge is 0.472 e. The van der Waals surface area contributed by atoms with E-state index < -0.39 is 97.5 Å². The van der Waals surface area contributed by atoms with E-state index in [0.717, 1.165) is 108 Å². The van der Waals surface area contributed by atoms with Crippen molar-refractivity contribution in [3.63, 3.8) is 0 Å². The predicted octanol–water partition coefficient (Wildman–Crippen LogP) is 23.5. The van der Waals surface area contributed by atoms with Crippen LogP contribution in [0.1, 0.15) is 414 Å². The maximum absolute atomic E-state index is 13.1. The molecule has 0 saturated heterocycles. The molecule has 0 aliphatic carbocycles. The number of carbonyl (C=O) groups excluding carboxylic acids is 4. The molecule has 3 N–H and O–H groups in total. The van der Waals surface area contributed by atoms with Crippen LogP contribution >= 0.6 is 15.6 Å². The Bertz CT molecular complexity index is 1890. The molecule has 0 amide bonds. The van der Waals surface area contributed by atoms with E-state index in [4.69, 9.17) is 37.0 Å². The van der Waals surface area contributed by atoms with Crippen LogP contribution in [0.3, 0.4) is 0 Å². The van der Waals surface area contributed by atoms with Crippen molar-refractivity contribution < 1.29 is 80.2 Å². The molecule has 0 aromatic heterocycles. The Hall–Kier alpha value is -1.94. The lowest BCUT2D eigenvalue weighted by Gasteiger charge is -2.21. The molecule has 0 bridgehead atoms. The van der Waals surface area contributed by atoms with Crippen LogP contribution in [0.25, 0.3) is 0 Å². The highest BCUT2D eigenvalue weighted by Gasteiger charge is 2.30. The molecular formula is C79H154O17P2. The second-order valence-electron chi connectivity index (χ2n) is 29.2. The fourth-order valence-electron chi connectivity index (χ4n) is 12.2. The summed E-state index contributed by atoms with van der Waals surface area (Å²) in [6, 6.07) is 0. The van der Waals surface area contributed by atoms with E-state index in [2.05, 4.69) is 41.5 Å². The minimum atomic E-state index is -4.96. The summed E-state index contributed by atoms with van der Waals surface area (Å²) in [5, 5.41) is 10.6. The van der Waals surface area contributed by atoms with Crippen molar-refractivity contribution >= 4 is 39.5 Å². The Kier molecular flexibility index (Phi) is 69.3. The standard InChI is InChI=1S/C79H154O17P2/c1-7-10-12-14-15-16-17-18-19-20-21-22-26-29-32-35-38-44-50-56-62-77(82)90-68-75(96-78(83)63-57-51-45-39-36-33-30-27-24-23-25-28-31-34-37-43-49-54-60-72(6)9-3)70-94-98(87,88)92-66-73(80)65-91-97(85,86)93-69-74(67-89-76(81)61-55-47-13-11-8-2)95-79(84)64-58-52-46-41-40-42-48-53-59-71(4)5/h71-75,80H,7-70H2,1-6H3,(H,85,86)(H,87,88)/t72?,73-,74+,75+/m0/s1. The van der Waals surface area contributed by atoms with Gasteiger partial charge in [-0.25, -0.2) is 9.13 Å². The topological polar surface area (TPSA) is 237 Å². The maximum Gasteiger partial charge on any atom is 0.472 e. The fraction of sp³-hybridized carbons (Fsp3) is 0.949. The summed E-state index contributed by atoms with van der Waals surface area (Å²) in [5.74, 6) is -0.537. The van der Waals surface area contributed by atoms with Crippen molar-refractivity contribution in [2.24, 2.45) is 11.8 Å². The van der Waals surface area contributed by atoms with Gasteiger partial charge in [0.25, 0.3) is 0 Å². The Morgan fingerprint density at radius 3 is 0.776 bits per heavy atom. The number of phosphoric acid groups is 2. The number of esters is 4. The van der Waals surface area contributed by atoms with Crippen LogP contribution in [0.5, 0.6) is 0 Å². The first-order valence-electron chi connectivity index (χ1n) is 41.0. The molecular weight excluding hydrogens is 1280 g/mol. The average Bonchev–Trinajstić information content (AvgIpc) is 1.58. The molecule has 0 saturated carbocycles. The molecule has 0 aliphatic rings. The van der Waals surface area contributed by atoms with E-state index in [1.807, 2.05) is 0 Å². The van der Waals surface area contributed by atoms with Gasteiger partial charge in [-0.15, -0.1) is 0 Å². The molecule has 0 aromatic rings. The molecule has 0 fully saturated rings. The monoisotopic (exact) mass is 1440 g/mol. The molecule has 0 radical (unpaired) electrons. The van der Waals surface area contributed by atoms with Crippen LogP contribution in [0.4, 0.5) is 0 Å². The lowest BCUT2D eigenvalue weighted by Crippen LogP contribution is -2.30. The number of rotatable bonds is 78. The number of ether oxygens (including phenoxy) is 4. The van der Waals surface area contributed by atoms with E-state index in [1.165, 1.54) is 225 Å². The lowest BCUT2D eigenvalue weighted by molar-refractivity contribution is -0.161. The first-order valence-corrected chi connectivity index (χ1v) is 44.0. The molecule has 19 heteroatoms. The summed E-state index contributed by atoms with van der Waals surface area (Å²) >= 11 is 0. The zero-order valence-corrected chi connectivity index (χ0v) is 65.9. The van der Waals surface area contributed by atoms with Gasteiger partial charge in [-0.1, -0.05) is 363 Å². The number of hydrogen-bond acceptors (Lipinski definition) is 15. The SMILES string of the molecule is CCCCCCCCCCCCCCCCCCCCCCC(=O)OC[C@H](COP(=O)(O)OC[C@@H](O)COP(=O)(O)OC[C@@H](COC(=O)CCCCCCC)OC(=O)CCCCCCCCCCC(C)C)OC(=O)CCCCCCCCCCCCCCCCCCCCC(C)CC. The molecule has 3 unspecified atom stereocenters. The normalized spacial score (nSPS) is 14.2. The van der Waals surface area contributed by atoms with Gasteiger partial charge in [-0.2, -0.15) is 0 Å². The van der Waals surface area contributed by atoms with Crippen LogP contribution in [-0.4, -0.2) is 96.7 Å². The summed E-state index contributed by atoms with van der Waals surface area (Å²) in [5.41, 5.74) is 0. The zero-order valence-electron chi connectivity index (χ0n) is 64.1. The number of phosphoric ester groups is 2. The quantitative estimate of drug-likeness (QED) is 0.0222. The molecule has 582 valence electrons. The maximum atomic E-state index is 13.1. The predicted molar refractivity (Wildman–Crippen MR) is 400 cm³/mol. The van der Waals surface area contributed by atoms with Crippen LogP contribution in [0, 0.1) is 11.8 Å². The van der Waals surface area contributed by atoms with Crippen molar-refractivity contribution in [1.29, 1.82) is 0 Å². The Morgan fingerprint density at radius 1 is 0.296 bits per heavy atom. The number of aliphatic hydroxyl groups is 1. The highest BCUT2D eigenvalue weighted by molar-refractivity contribution is 7.47. The summed E-state index contributed by atoms with van der Waals surface area (Å²) in [4.78, 5) is 72.6. The van der Waals surface area contributed by atoms with E-state index in [9.17, 15) is 43.2 Å². The van der Waals surface area contributed by atoms with Crippen molar-refractivity contribution in [2.75, 3.05) is 39.6 Å². The van der Waals surface area contributed by atoms with E-state index >= 15 is 0 Å². The van der Waals surface area contributed by atoms with Gasteiger partial charge in [-0.3, -0.25) is 37.3 Å². The van der Waals surface area contributed by atoms with Crippen LogP contribution in [-0.2, 0) is 65.4 Å². The molecule has 98 heavy (non-hydrogen) atoms. The van der Waals surface area contributed by atoms with Crippen LogP contribution < -0.4 is 0 Å². The van der Waals surface area contributed by atoms with Crippen LogP contribution in [0.2, 0.25) is 0 Å². The van der Waals surface area contributed by atoms with Crippen LogP contribution in [0.15, 0.2) is 0 Å². The number of aliphatic hydroxyl groups excluding tert-OH is 1. The first kappa shape index (κ1) is 96.1. The van der Waals surface area contributed by atoms with Gasteiger partial charge >= 0.3 is 39.5 Å². The molecule has 0 aromatic carbocycles. The Morgan fingerprint density at radius 2 is 0.520 bits per heavy atom. The van der Waals surface area contributed by atoms with Gasteiger partial charge < -0.3 is 33.8 Å². The van der Waals surface area contributed by atoms with Gasteiger partial charge in [0.15, 0.2) is 12.2 Å². The van der Waals surface area contributed by atoms with Crippen molar-refractivity contribution in [3.05, 3.63) is 0 Å². The van der Waals surface area contributed by atoms with Crippen molar-refractivity contribution in [1.82, 2.24) is 0 Å². The molecule has 6 atom stereocenters. The molecule has 0 heterocycles. The van der Waals surface area contributed by atoms with Crippen molar-refractivity contribution in [2.45, 2.75) is 432 Å². The number of hydrogen-bond donors (Lipinski definition) is 3. The van der Waals surface area contributed by atoms with Gasteiger partial charge in [0.05, 0.1) is 26.4 Å². The second kappa shape index (κ2) is 70.7. The fourth-order valence-corrected chi connectivity index (χ4v) is 13.7. The van der Waals surface area contributed by atoms with E-state index in [1.54, 1.807) is 0 Å². The third-order valence-electron chi connectivity index (χ3n) is 18.8. The summed E-state index contributed by atoms with van der Waals surface area (Å²) in [7, 11) is -9.90. The molecule has 17 nitrogen and oxygen atoms in total. The Labute approximate surface area is 600 Å². The summed E-state index contributed by atoms with van der Waals surface area (Å²) in [6.45, 7) is 9.54. The zero-order chi connectivity index (χ0) is 72.1.